The molecule has 3 rings (SSSR count). The van der Waals surface area contributed by atoms with Gasteiger partial charge in [0, 0.05) is 17.7 Å². The molecule has 0 amide bonds. The number of hydrogen-bond donors (Lipinski definition) is 0. The van der Waals surface area contributed by atoms with Crippen LogP contribution in [0.3, 0.4) is 0 Å². The molecular weight excluding hydrogens is 324 g/mol. The van der Waals surface area contributed by atoms with Crippen molar-refractivity contribution in [1.29, 1.82) is 0 Å². The van der Waals surface area contributed by atoms with Crippen molar-refractivity contribution in [3.8, 4) is 5.75 Å². The maximum Gasteiger partial charge on any atom is 0.175 e. The van der Waals surface area contributed by atoms with E-state index in [-0.39, 0.29) is 11.0 Å². The number of benzene rings is 2. The molecule has 0 fully saturated rings. The molecule has 6 heteroatoms. The molecule has 0 aliphatic carbocycles. The SMILES string of the molecule is CC(C)Oc1ccc(S(C)(=O)=O)cc1N1C=c2ccccc2=NC1. The standard InChI is InChI=1S/C18H20N2O3S/c1-13(2)23-18-9-8-15(24(3,21)22)10-17(18)20-11-14-6-4-5-7-16(14)19-12-20/h4-11,13H,12H2,1-3H3. The van der Waals surface area contributed by atoms with Crippen LogP contribution in [0, 0.1) is 0 Å². The lowest BCUT2D eigenvalue weighted by Crippen LogP contribution is -2.35. The molecular formula is C18H20N2O3S. The van der Waals surface area contributed by atoms with E-state index in [2.05, 4.69) is 4.99 Å². The summed E-state index contributed by atoms with van der Waals surface area (Å²) in [5.74, 6) is 0.642. The van der Waals surface area contributed by atoms with Crippen LogP contribution in [0.25, 0.3) is 6.20 Å². The first-order valence-corrected chi connectivity index (χ1v) is 9.62. The van der Waals surface area contributed by atoms with E-state index in [1.807, 2.05) is 49.2 Å². The minimum atomic E-state index is -3.30. The van der Waals surface area contributed by atoms with Crippen molar-refractivity contribution in [2.24, 2.45) is 4.99 Å². The molecule has 0 saturated heterocycles. The maximum absolute atomic E-state index is 11.9. The summed E-state index contributed by atoms with van der Waals surface area (Å²) >= 11 is 0. The molecule has 1 aliphatic rings. The first kappa shape index (κ1) is 16.5. The maximum atomic E-state index is 11.9. The summed E-state index contributed by atoms with van der Waals surface area (Å²) in [5, 5.41) is 1.92. The molecule has 0 unspecified atom stereocenters. The van der Waals surface area contributed by atoms with Gasteiger partial charge in [0.2, 0.25) is 0 Å². The zero-order chi connectivity index (χ0) is 17.3. The van der Waals surface area contributed by atoms with Crippen LogP contribution in [0.4, 0.5) is 5.69 Å². The smallest absolute Gasteiger partial charge is 0.175 e. The van der Waals surface area contributed by atoms with Crippen LogP contribution in [0.1, 0.15) is 13.8 Å². The Bertz CT molecular complexity index is 982. The molecule has 1 aliphatic heterocycles. The molecule has 2 aromatic carbocycles. The van der Waals surface area contributed by atoms with Gasteiger partial charge in [-0.05, 0) is 38.1 Å². The highest BCUT2D eigenvalue weighted by Crippen LogP contribution is 2.32. The number of fused-ring (bicyclic) bond motifs is 1. The molecule has 0 saturated carbocycles. The zero-order valence-electron chi connectivity index (χ0n) is 13.9. The van der Waals surface area contributed by atoms with Crippen LogP contribution >= 0.6 is 0 Å². The number of ether oxygens (including phenoxy) is 1. The third-order valence-electron chi connectivity index (χ3n) is 3.66. The number of para-hydroxylation sites is 1. The Morgan fingerprint density at radius 3 is 2.62 bits per heavy atom. The van der Waals surface area contributed by atoms with Gasteiger partial charge >= 0.3 is 0 Å². The predicted octanol–water partition coefficient (Wildman–Crippen LogP) is 1.71. The van der Waals surface area contributed by atoms with E-state index in [4.69, 9.17) is 4.74 Å². The summed E-state index contributed by atoms with van der Waals surface area (Å²) < 4.78 is 29.7. The van der Waals surface area contributed by atoms with Crippen molar-refractivity contribution in [1.82, 2.24) is 0 Å². The molecule has 2 aromatic rings. The molecule has 0 N–H and O–H groups in total. The van der Waals surface area contributed by atoms with Crippen LogP contribution in [0.2, 0.25) is 0 Å². The largest absolute Gasteiger partial charge is 0.489 e. The Hall–Kier alpha value is -2.34. The number of anilines is 1. The highest BCUT2D eigenvalue weighted by molar-refractivity contribution is 7.90. The average Bonchev–Trinajstić information content (AvgIpc) is 2.53. The van der Waals surface area contributed by atoms with Crippen LogP contribution in [-0.4, -0.2) is 27.4 Å². The summed E-state index contributed by atoms with van der Waals surface area (Å²) in [6.45, 7) is 4.29. The van der Waals surface area contributed by atoms with E-state index in [0.717, 1.165) is 10.6 Å². The van der Waals surface area contributed by atoms with E-state index >= 15 is 0 Å². The van der Waals surface area contributed by atoms with Gasteiger partial charge in [-0.1, -0.05) is 18.2 Å². The molecule has 126 valence electrons. The van der Waals surface area contributed by atoms with Crippen LogP contribution in [0.5, 0.6) is 5.75 Å². The molecule has 0 bridgehead atoms. The van der Waals surface area contributed by atoms with Gasteiger partial charge in [0.15, 0.2) is 9.84 Å². The lowest BCUT2D eigenvalue weighted by Gasteiger charge is -2.25. The third kappa shape index (κ3) is 3.43. The van der Waals surface area contributed by atoms with Gasteiger partial charge in [0.25, 0.3) is 0 Å². The highest BCUT2D eigenvalue weighted by Gasteiger charge is 2.17. The summed E-state index contributed by atoms with van der Waals surface area (Å²) in [7, 11) is -3.30. The Kier molecular flexibility index (Phi) is 4.32. The normalized spacial score (nSPS) is 13.9. The Balaban J connectivity index is 2.13. The van der Waals surface area contributed by atoms with Gasteiger partial charge in [0.05, 0.1) is 22.0 Å². The quantitative estimate of drug-likeness (QED) is 0.847. The Morgan fingerprint density at radius 2 is 1.92 bits per heavy atom. The fourth-order valence-corrected chi connectivity index (χ4v) is 3.19. The molecule has 0 radical (unpaired) electrons. The van der Waals surface area contributed by atoms with E-state index < -0.39 is 9.84 Å². The molecule has 0 aromatic heterocycles. The third-order valence-corrected chi connectivity index (χ3v) is 4.77. The Labute approximate surface area is 141 Å². The second-order valence-electron chi connectivity index (χ2n) is 6.03. The lowest BCUT2D eigenvalue weighted by atomic mass is 10.2. The summed E-state index contributed by atoms with van der Waals surface area (Å²) in [6.07, 6.45) is 3.16. The van der Waals surface area contributed by atoms with Crippen LogP contribution < -0.4 is 20.2 Å². The van der Waals surface area contributed by atoms with E-state index in [1.165, 1.54) is 6.26 Å². The summed E-state index contributed by atoms with van der Waals surface area (Å²) in [4.78, 5) is 6.73. The van der Waals surface area contributed by atoms with Crippen molar-refractivity contribution >= 4 is 21.7 Å². The van der Waals surface area contributed by atoms with Gasteiger partial charge in [-0.3, -0.25) is 4.99 Å². The van der Waals surface area contributed by atoms with E-state index in [9.17, 15) is 8.42 Å². The van der Waals surface area contributed by atoms with Crippen LogP contribution in [-0.2, 0) is 9.84 Å². The topological polar surface area (TPSA) is 59.0 Å². The predicted molar refractivity (Wildman–Crippen MR) is 94.3 cm³/mol. The number of hydrogen-bond acceptors (Lipinski definition) is 5. The van der Waals surface area contributed by atoms with E-state index in [1.54, 1.807) is 18.2 Å². The van der Waals surface area contributed by atoms with Crippen LogP contribution in [0.15, 0.2) is 52.4 Å². The number of nitrogens with zero attached hydrogens (tertiary/aromatic N) is 2. The highest BCUT2D eigenvalue weighted by atomic mass is 32.2. The van der Waals surface area contributed by atoms with Crippen molar-refractivity contribution in [2.75, 3.05) is 17.8 Å². The van der Waals surface area contributed by atoms with Gasteiger partial charge in [-0.2, -0.15) is 0 Å². The molecule has 24 heavy (non-hydrogen) atoms. The zero-order valence-corrected chi connectivity index (χ0v) is 14.7. The summed E-state index contributed by atoms with van der Waals surface area (Å²) in [6, 6.07) is 12.8. The molecule has 1 heterocycles. The summed E-state index contributed by atoms with van der Waals surface area (Å²) in [5.41, 5.74) is 0.699. The van der Waals surface area contributed by atoms with Gasteiger partial charge in [-0.15, -0.1) is 0 Å². The fraction of sp³-hybridized carbons (Fsp3) is 0.278. The monoisotopic (exact) mass is 344 g/mol. The second kappa shape index (κ2) is 6.28. The first-order valence-electron chi connectivity index (χ1n) is 7.73. The molecule has 0 atom stereocenters. The minimum absolute atomic E-state index is 0.0122. The van der Waals surface area contributed by atoms with Crippen molar-refractivity contribution < 1.29 is 13.2 Å². The van der Waals surface area contributed by atoms with Gasteiger partial charge < -0.3 is 9.64 Å². The fourth-order valence-electron chi connectivity index (χ4n) is 2.55. The van der Waals surface area contributed by atoms with Crippen molar-refractivity contribution in [3.63, 3.8) is 0 Å². The van der Waals surface area contributed by atoms with E-state index in [0.29, 0.717) is 18.1 Å². The van der Waals surface area contributed by atoms with Gasteiger partial charge in [-0.25, -0.2) is 8.42 Å². The first-order chi connectivity index (χ1) is 11.3. The molecule has 5 nitrogen and oxygen atoms in total. The number of rotatable bonds is 4. The van der Waals surface area contributed by atoms with Crippen molar-refractivity contribution in [3.05, 3.63) is 53.0 Å². The average molecular weight is 344 g/mol. The molecule has 0 spiro atoms. The second-order valence-corrected chi connectivity index (χ2v) is 8.04. The van der Waals surface area contributed by atoms with Gasteiger partial charge in [0.1, 0.15) is 12.4 Å². The van der Waals surface area contributed by atoms with Crippen molar-refractivity contribution in [2.45, 2.75) is 24.8 Å². The number of sulfone groups is 1. The Morgan fingerprint density at radius 1 is 1.17 bits per heavy atom. The minimum Gasteiger partial charge on any atom is -0.489 e. The lowest BCUT2D eigenvalue weighted by molar-refractivity contribution is 0.243.